The first kappa shape index (κ1) is 7.95. The summed E-state index contributed by atoms with van der Waals surface area (Å²) in [6, 6.07) is 0. The van der Waals surface area contributed by atoms with Gasteiger partial charge in [0.1, 0.15) is 0 Å². The van der Waals surface area contributed by atoms with E-state index in [1.165, 1.54) is 0 Å². The molecule has 0 aliphatic carbocycles. The summed E-state index contributed by atoms with van der Waals surface area (Å²) in [6.07, 6.45) is 5.30. The van der Waals surface area contributed by atoms with Crippen molar-refractivity contribution in [3.05, 3.63) is 23.8 Å². The summed E-state index contributed by atoms with van der Waals surface area (Å²) in [6.45, 7) is 3.56. The Morgan fingerprint density at radius 2 is 2.11 bits per heavy atom. The molecule has 0 aromatic heterocycles. The van der Waals surface area contributed by atoms with Crippen LogP contribution in [-0.4, -0.2) is 5.91 Å². The van der Waals surface area contributed by atoms with E-state index in [-0.39, 0.29) is 5.91 Å². The fourth-order valence-corrected chi connectivity index (χ4v) is 0.323. The molecule has 50 valence electrons. The second-order valence-electron chi connectivity index (χ2n) is 1.74. The molecule has 0 aromatic carbocycles. The fraction of sp³-hybridized carbons (Fsp3) is 0.286. The van der Waals surface area contributed by atoms with E-state index in [0.29, 0.717) is 5.57 Å². The van der Waals surface area contributed by atoms with Crippen molar-refractivity contribution in [3.63, 3.8) is 0 Å². The van der Waals surface area contributed by atoms with Crippen LogP contribution in [-0.2, 0) is 4.79 Å². The third-order valence-corrected chi connectivity index (χ3v) is 0.927. The van der Waals surface area contributed by atoms with Crippen molar-refractivity contribution in [1.29, 1.82) is 0 Å². The van der Waals surface area contributed by atoms with Crippen molar-refractivity contribution >= 4 is 5.91 Å². The maximum atomic E-state index is 10.3. The monoisotopic (exact) mass is 125 g/mol. The van der Waals surface area contributed by atoms with Crippen molar-refractivity contribution in [2.45, 2.75) is 13.8 Å². The Morgan fingerprint density at radius 3 is 2.44 bits per heavy atom. The molecule has 2 nitrogen and oxygen atoms in total. The summed E-state index contributed by atoms with van der Waals surface area (Å²) in [7, 11) is 0. The van der Waals surface area contributed by atoms with E-state index < -0.39 is 0 Å². The van der Waals surface area contributed by atoms with Crippen molar-refractivity contribution in [1.82, 2.24) is 0 Å². The Bertz CT molecular complexity index is 156. The Kier molecular flexibility index (Phi) is 3.44. The first-order chi connectivity index (χ1) is 4.18. The third kappa shape index (κ3) is 3.53. The largest absolute Gasteiger partial charge is 0.366 e. The van der Waals surface area contributed by atoms with Gasteiger partial charge in [0.05, 0.1) is 0 Å². The highest BCUT2D eigenvalue weighted by Gasteiger charge is 1.91. The zero-order valence-corrected chi connectivity index (χ0v) is 5.72. The number of amides is 1. The maximum Gasteiger partial charge on any atom is 0.244 e. The fourth-order valence-electron chi connectivity index (χ4n) is 0.323. The van der Waals surface area contributed by atoms with Gasteiger partial charge in [-0.05, 0) is 13.8 Å². The van der Waals surface area contributed by atoms with Gasteiger partial charge in [0.25, 0.3) is 0 Å². The number of nitrogens with two attached hydrogens (primary N) is 1. The predicted molar refractivity (Wildman–Crippen MR) is 37.8 cm³/mol. The molecule has 2 N–H and O–H groups in total. The van der Waals surface area contributed by atoms with Crippen molar-refractivity contribution in [2.24, 2.45) is 5.73 Å². The number of hydrogen-bond acceptors (Lipinski definition) is 1. The lowest BCUT2D eigenvalue weighted by atomic mass is 10.2. The minimum Gasteiger partial charge on any atom is -0.366 e. The topological polar surface area (TPSA) is 43.1 Å². The third-order valence-electron chi connectivity index (χ3n) is 0.927. The molecular formula is C7H11NO. The molecule has 0 atom stereocenters. The van der Waals surface area contributed by atoms with Crippen LogP contribution in [0.5, 0.6) is 0 Å². The normalized spacial score (nSPS) is 12.4. The SMILES string of the molecule is C/C=C/C=C(/C)C(N)=O. The minimum atomic E-state index is -0.367. The van der Waals surface area contributed by atoms with Gasteiger partial charge in [0.15, 0.2) is 0 Å². The van der Waals surface area contributed by atoms with Gasteiger partial charge in [-0.2, -0.15) is 0 Å². The van der Waals surface area contributed by atoms with Gasteiger partial charge in [-0.1, -0.05) is 18.2 Å². The molecule has 0 aromatic rings. The van der Waals surface area contributed by atoms with E-state index in [1.54, 1.807) is 19.1 Å². The van der Waals surface area contributed by atoms with Crippen LogP contribution in [0.2, 0.25) is 0 Å². The number of rotatable bonds is 2. The molecule has 0 spiro atoms. The summed E-state index contributed by atoms with van der Waals surface area (Å²) in [5.74, 6) is -0.367. The van der Waals surface area contributed by atoms with Crippen LogP contribution in [0.25, 0.3) is 0 Å². The van der Waals surface area contributed by atoms with Gasteiger partial charge in [-0.15, -0.1) is 0 Å². The van der Waals surface area contributed by atoms with Crippen molar-refractivity contribution < 1.29 is 4.79 Å². The molecule has 0 aliphatic heterocycles. The van der Waals surface area contributed by atoms with Gasteiger partial charge in [-0.3, -0.25) is 4.79 Å². The quantitative estimate of drug-likeness (QED) is 0.434. The molecule has 0 bridgehead atoms. The average molecular weight is 125 g/mol. The summed E-state index contributed by atoms with van der Waals surface area (Å²) < 4.78 is 0. The lowest BCUT2D eigenvalue weighted by Gasteiger charge is -1.87. The molecule has 1 amide bonds. The van der Waals surface area contributed by atoms with Gasteiger partial charge in [0, 0.05) is 5.57 Å². The van der Waals surface area contributed by atoms with Gasteiger partial charge in [0.2, 0.25) is 5.91 Å². The molecule has 0 radical (unpaired) electrons. The molecule has 0 saturated heterocycles. The summed E-state index contributed by atoms with van der Waals surface area (Å²) in [4.78, 5) is 10.3. The summed E-state index contributed by atoms with van der Waals surface area (Å²) >= 11 is 0. The minimum absolute atomic E-state index is 0.367. The van der Waals surface area contributed by atoms with Crippen LogP contribution in [0.4, 0.5) is 0 Å². The molecular weight excluding hydrogens is 114 g/mol. The smallest absolute Gasteiger partial charge is 0.244 e. The molecule has 0 rings (SSSR count). The molecule has 0 fully saturated rings. The second-order valence-corrected chi connectivity index (χ2v) is 1.74. The highest BCUT2D eigenvalue weighted by atomic mass is 16.1. The van der Waals surface area contributed by atoms with E-state index in [1.807, 2.05) is 13.0 Å². The summed E-state index contributed by atoms with van der Waals surface area (Å²) in [5, 5.41) is 0. The molecule has 2 heteroatoms. The van der Waals surface area contributed by atoms with E-state index in [0.717, 1.165) is 0 Å². The number of primary amides is 1. The van der Waals surface area contributed by atoms with Crippen LogP contribution in [0, 0.1) is 0 Å². The lowest BCUT2D eigenvalue weighted by molar-refractivity contribution is -0.114. The zero-order valence-electron chi connectivity index (χ0n) is 5.72. The second kappa shape index (κ2) is 3.89. The van der Waals surface area contributed by atoms with Crippen LogP contribution >= 0.6 is 0 Å². The van der Waals surface area contributed by atoms with Crippen LogP contribution in [0.15, 0.2) is 23.8 Å². The van der Waals surface area contributed by atoms with Crippen molar-refractivity contribution in [3.8, 4) is 0 Å². The van der Waals surface area contributed by atoms with E-state index in [4.69, 9.17) is 5.73 Å². The van der Waals surface area contributed by atoms with Crippen LogP contribution in [0.1, 0.15) is 13.8 Å². The Labute approximate surface area is 55.1 Å². The number of carbonyl (C=O) groups excluding carboxylic acids is 1. The number of carbonyl (C=O) groups is 1. The lowest BCUT2D eigenvalue weighted by Crippen LogP contribution is -2.11. The number of hydrogen-bond donors (Lipinski definition) is 1. The van der Waals surface area contributed by atoms with E-state index in [2.05, 4.69) is 0 Å². The Morgan fingerprint density at radius 1 is 1.56 bits per heavy atom. The van der Waals surface area contributed by atoms with Crippen LogP contribution < -0.4 is 5.73 Å². The van der Waals surface area contributed by atoms with Gasteiger partial charge in [-0.25, -0.2) is 0 Å². The Balaban J connectivity index is 4.00. The predicted octanol–water partition coefficient (Wildman–Crippen LogP) is 0.994. The molecule has 0 saturated carbocycles. The molecule has 0 unspecified atom stereocenters. The molecule has 0 heterocycles. The standard InChI is InChI=1S/C7H11NO/c1-3-4-5-6(2)7(8)9/h3-5H,1-2H3,(H2,8,9)/b4-3+,6-5-. The first-order valence-corrected chi connectivity index (χ1v) is 2.78. The molecule has 9 heavy (non-hydrogen) atoms. The first-order valence-electron chi connectivity index (χ1n) is 2.78. The highest BCUT2D eigenvalue weighted by molar-refractivity contribution is 5.91. The van der Waals surface area contributed by atoms with E-state index >= 15 is 0 Å². The van der Waals surface area contributed by atoms with E-state index in [9.17, 15) is 4.79 Å². The van der Waals surface area contributed by atoms with Gasteiger partial charge >= 0.3 is 0 Å². The Hall–Kier alpha value is -1.05. The molecule has 0 aliphatic rings. The van der Waals surface area contributed by atoms with Crippen molar-refractivity contribution in [2.75, 3.05) is 0 Å². The number of allylic oxidation sites excluding steroid dienone is 3. The zero-order chi connectivity index (χ0) is 7.28. The highest BCUT2D eigenvalue weighted by Crippen LogP contribution is 1.89. The summed E-state index contributed by atoms with van der Waals surface area (Å²) in [5.41, 5.74) is 5.51. The maximum absolute atomic E-state index is 10.3. The van der Waals surface area contributed by atoms with Gasteiger partial charge < -0.3 is 5.73 Å². The van der Waals surface area contributed by atoms with Crippen LogP contribution in [0.3, 0.4) is 0 Å². The average Bonchev–Trinajstić information content (AvgIpc) is 1.82.